The van der Waals surface area contributed by atoms with Crippen LogP contribution in [0, 0.1) is 0 Å². The average molecular weight is 302 g/mol. The van der Waals surface area contributed by atoms with Crippen LogP contribution >= 0.6 is 0 Å². The van der Waals surface area contributed by atoms with Gasteiger partial charge >= 0.3 is 0 Å². The lowest BCUT2D eigenvalue weighted by Gasteiger charge is -2.36. The lowest BCUT2D eigenvalue weighted by atomic mass is 10.1. The third kappa shape index (κ3) is 10.2. The molecule has 0 aromatic carbocycles. The van der Waals surface area contributed by atoms with E-state index in [0.717, 1.165) is 39.3 Å². The summed E-state index contributed by atoms with van der Waals surface area (Å²) in [4.78, 5) is 2.47. The summed E-state index contributed by atoms with van der Waals surface area (Å²) in [5.41, 5.74) is 0. The fraction of sp³-hybridized carbons (Fsp3) is 1.00. The van der Waals surface area contributed by atoms with Crippen LogP contribution in [0.1, 0.15) is 33.6 Å². The summed E-state index contributed by atoms with van der Waals surface area (Å²) < 4.78 is 16.5. The molecule has 0 radical (unpaired) electrons. The molecule has 126 valence electrons. The van der Waals surface area contributed by atoms with Crippen LogP contribution in [-0.4, -0.2) is 76.3 Å². The number of hydrogen-bond donors (Lipinski definition) is 1. The molecule has 1 heterocycles. The number of hydrogen-bond acceptors (Lipinski definition) is 5. The molecule has 0 aromatic rings. The fourth-order valence-electron chi connectivity index (χ4n) is 2.60. The largest absolute Gasteiger partial charge is 0.379 e. The number of ether oxygens (including phenoxy) is 3. The van der Waals surface area contributed by atoms with Gasteiger partial charge in [-0.15, -0.1) is 0 Å². The van der Waals surface area contributed by atoms with Gasteiger partial charge in [-0.3, -0.25) is 4.90 Å². The maximum absolute atomic E-state index is 5.62. The Morgan fingerprint density at radius 3 is 1.95 bits per heavy atom. The molecule has 1 rings (SSSR count). The van der Waals surface area contributed by atoms with Crippen LogP contribution in [0.3, 0.4) is 0 Å². The smallest absolute Gasteiger partial charge is 0.0701 e. The van der Waals surface area contributed by atoms with Gasteiger partial charge in [0.15, 0.2) is 0 Å². The first-order chi connectivity index (χ1) is 10.2. The Balaban J connectivity index is 1.82. The minimum absolute atomic E-state index is 0.574. The first kappa shape index (κ1) is 18.8. The lowest BCUT2D eigenvalue weighted by Crippen LogP contribution is -2.54. The fourth-order valence-corrected chi connectivity index (χ4v) is 2.60. The predicted octanol–water partition coefficient (Wildman–Crippen LogP) is 1.52. The second kappa shape index (κ2) is 12.4. The molecule has 0 aromatic heterocycles. The second-order valence-corrected chi connectivity index (χ2v) is 5.92. The SMILES string of the molecule is CCCCOCCOCCOCCN1CC(C)NC(C)C1. The van der Waals surface area contributed by atoms with Crippen molar-refractivity contribution in [1.82, 2.24) is 10.2 Å². The topological polar surface area (TPSA) is 43.0 Å². The summed E-state index contributed by atoms with van der Waals surface area (Å²) in [6.45, 7) is 14.2. The van der Waals surface area contributed by atoms with Crippen molar-refractivity contribution in [1.29, 1.82) is 0 Å². The molecule has 1 aliphatic rings. The highest BCUT2D eigenvalue weighted by Crippen LogP contribution is 2.03. The zero-order valence-corrected chi connectivity index (χ0v) is 14.1. The molecule has 5 nitrogen and oxygen atoms in total. The highest BCUT2D eigenvalue weighted by Gasteiger charge is 2.19. The minimum Gasteiger partial charge on any atom is -0.379 e. The Labute approximate surface area is 130 Å². The number of rotatable bonds is 12. The van der Waals surface area contributed by atoms with Gasteiger partial charge in [0.05, 0.1) is 33.0 Å². The van der Waals surface area contributed by atoms with E-state index in [1.165, 1.54) is 6.42 Å². The summed E-state index contributed by atoms with van der Waals surface area (Å²) in [6, 6.07) is 1.15. The van der Waals surface area contributed by atoms with Gasteiger partial charge < -0.3 is 19.5 Å². The van der Waals surface area contributed by atoms with Crippen molar-refractivity contribution in [3.8, 4) is 0 Å². The molecular weight excluding hydrogens is 268 g/mol. The molecule has 2 atom stereocenters. The molecule has 1 saturated heterocycles. The maximum atomic E-state index is 5.62. The van der Waals surface area contributed by atoms with Crippen molar-refractivity contribution in [2.75, 3.05) is 59.3 Å². The predicted molar refractivity (Wildman–Crippen MR) is 85.9 cm³/mol. The third-order valence-electron chi connectivity index (χ3n) is 3.57. The van der Waals surface area contributed by atoms with Crippen molar-refractivity contribution in [3.05, 3.63) is 0 Å². The molecule has 1 aliphatic heterocycles. The first-order valence-corrected chi connectivity index (χ1v) is 8.44. The number of nitrogens with one attached hydrogen (secondary N) is 1. The molecule has 21 heavy (non-hydrogen) atoms. The third-order valence-corrected chi connectivity index (χ3v) is 3.57. The monoisotopic (exact) mass is 302 g/mol. The highest BCUT2D eigenvalue weighted by molar-refractivity contribution is 4.80. The van der Waals surface area contributed by atoms with E-state index in [2.05, 4.69) is 31.0 Å². The van der Waals surface area contributed by atoms with Gasteiger partial charge in [0.25, 0.3) is 0 Å². The van der Waals surface area contributed by atoms with Gasteiger partial charge in [-0.05, 0) is 20.3 Å². The van der Waals surface area contributed by atoms with Crippen LogP contribution in [0.2, 0.25) is 0 Å². The van der Waals surface area contributed by atoms with E-state index in [9.17, 15) is 0 Å². The van der Waals surface area contributed by atoms with Crippen molar-refractivity contribution in [2.45, 2.75) is 45.7 Å². The molecule has 5 heteroatoms. The van der Waals surface area contributed by atoms with Gasteiger partial charge in [-0.25, -0.2) is 0 Å². The summed E-state index contributed by atoms with van der Waals surface area (Å²) >= 11 is 0. The van der Waals surface area contributed by atoms with Crippen LogP contribution in [0.4, 0.5) is 0 Å². The summed E-state index contributed by atoms with van der Waals surface area (Å²) in [5, 5.41) is 3.54. The van der Waals surface area contributed by atoms with E-state index in [-0.39, 0.29) is 0 Å². The molecule has 0 amide bonds. The molecule has 0 spiro atoms. The van der Waals surface area contributed by atoms with Gasteiger partial charge in [0.1, 0.15) is 0 Å². The number of unbranched alkanes of at least 4 members (excludes halogenated alkanes) is 1. The van der Waals surface area contributed by atoms with Crippen LogP contribution < -0.4 is 5.32 Å². The molecule has 2 unspecified atom stereocenters. The average Bonchev–Trinajstić information content (AvgIpc) is 2.44. The summed E-state index contributed by atoms with van der Waals surface area (Å²) in [6.07, 6.45) is 2.31. The second-order valence-electron chi connectivity index (χ2n) is 5.92. The minimum atomic E-state index is 0.574. The van der Waals surface area contributed by atoms with Crippen LogP contribution in [0.25, 0.3) is 0 Å². The van der Waals surface area contributed by atoms with Crippen molar-refractivity contribution in [2.24, 2.45) is 0 Å². The van der Waals surface area contributed by atoms with Crippen molar-refractivity contribution in [3.63, 3.8) is 0 Å². The van der Waals surface area contributed by atoms with Crippen molar-refractivity contribution >= 4 is 0 Å². The molecular formula is C16H34N2O3. The van der Waals surface area contributed by atoms with Gasteiger partial charge in [-0.1, -0.05) is 13.3 Å². The van der Waals surface area contributed by atoms with Gasteiger partial charge in [0.2, 0.25) is 0 Å². The number of nitrogens with zero attached hydrogens (tertiary/aromatic N) is 1. The van der Waals surface area contributed by atoms with E-state index in [4.69, 9.17) is 14.2 Å². The quantitative estimate of drug-likeness (QED) is 0.554. The maximum Gasteiger partial charge on any atom is 0.0701 e. The zero-order valence-electron chi connectivity index (χ0n) is 14.1. The molecule has 0 saturated carbocycles. The van der Waals surface area contributed by atoms with Crippen LogP contribution in [0.5, 0.6) is 0 Å². The molecule has 1 N–H and O–H groups in total. The molecule has 0 aliphatic carbocycles. The Morgan fingerprint density at radius 1 is 0.857 bits per heavy atom. The van der Waals surface area contributed by atoms with E-state index in [1.54, 1.807) is 0 Å². The first-order valence-electron chi connectivity index (χ1n) is 8.44. The van der Waals surface area contributed by atoms with E-state index < -0.39 is 0 Å². The van der Waals surface area contributed by atoms with E-state index in [1.807, 2.05) is 0 Å². The molecule has 0 bridgehead atoms. The van der Waals surface area contributed by atoms with E-state index >= 15 is 0 Å². The zero-order chi connectivity index (χ0) is 15.3. The lowest BCUT2D eigenvalue weighted by molar-refractivity contribution is 0.00822. The Morgan fingerprint density at radius 2 is 1.38 bits per heavy atom. The summed E-state index contributed by atoms with van der Waals surface area (Å²) in [5.74, 6) is 0. The number of piperazine rings is 1. The normalized spacial score (nSPS) is 23.6. The Kier molecular flexibility index (Phi) is 11.1. The van der Waals surface area contributed by atoms with Crippen molar-refractivity contribution < 1.29 is 14.2 Å². The summed E-state index contributed by atoms with van der Waals surface area (Å²) in [7, 11) is 0. The van der Waals surface area contributed by atoms with Gasteiger partial charge in [-0.2, -0.15) is 0 Å². The Bertz CT molecular complexity index is 232. The Hall–Kier alpha value is -0.200. The van der Waals surface area contributed by atoms with Gasteiger partial charge in [0, 0.05) is 38.3 Å². The highest BCUT2D eigenvalue weighted by atomic mass is 16.5. The standard InChI is InChI=1S/C16H34N2O3/c1-4-5-7-19-9-11-21-12-10-20-8-6-18-13-15(2)17-16(3)14-18/h15-17H,4-14H2,1-3H3. The van der Waals surface area contributed by atoms with Crippen LogP contribution in [-0.2, 0) is 14.2 Å². The van der Waals surface area contributed by atoms with Crippen LogP contribution in [0.15, 0.2) is 0 Å². The van der Waals surface area contributed by atoms with E-state index in [0.29, 0.717) is 38.5 Å². The molecule has 1 fully saturated rings.